The topological polar surface area (TPSA) is 72.8 Å². The summed E-state index contributed by atoms with van der Waals surface area (Å²) in [6.45, 7) is 1.62. The second-order valence-electron chi connectivity index (χ2n) is 3.05. The van der Waals surface area contributed by atoms with Gasteiger partial charge in [0.25, 0.3) is 0 Å². The van der Waals surface area contributed by atoms with Gasteiger partial charge in [0.2, 0.25) is 0 Å². The fourth-order valence-electron chi connectivity index (χ4n) is 1.16. The molecule has 0 unspecified atom stereocenters. The van der Waals surface area contributed by atoms with E-state index in [1.807, 2.05) is 0 Å². The van der Waals surface area contributed by atoms with Gasteiger partial charge in [-0.05, 0) is 13.0 Å². The monoisotopic (exact) mass is 258 g/mol. The number of ether oxygens (including phenoxy) is 2. The maximum absolute atomic E-state index is 10.7. The summed E-state index contributed by atoms with van der Waals surface area (Å²) in [5, 5.41) is 8.69. The van der Waals surface area contributed by atoms with Gasteiger partial charge in [-0.1, -0.05) is 11.6 Å². The van der Waals surface area contributed by atoms with E-state index in [9.17, 15) is 9.59 Å². The summed E-state index contributed by atoms with van der Waals surface area (Å²) in [5.41, 5.74) is 0.262. The molecule has 5 nitrogen and oxygen atoms in total. The predicted octanol–water partition coefficient (Wildman–Crippen LogP) is 2.01. The minimum atomic E-state index is -1.11. The number of hydrogen-bond acceptors (Lipinski definition) is 4. The van der Waals surface area contributed by atoms with Crippen LogP contribution in [0.5, 0.6) is 11.5 Å². The number of carbonyl (C=O) groups excluding carboxylic acids is 1. The Hall–Kier alpha value is -1.75. The molecule has 0 bridgehead atoms. The molecule has 0 aliphatic carbocycles. The Kier molecular flexibility index (Phi) is 4.78. The van der Waals surface area contributed by atoms with Gasteiger partial charge in [0.15, 0.2) is 24.4 Å². The van der Waals surface area contributed by atoms with Gasteiger partial charge < -0.3 is 14.6 Å². The summed E-state index contributed by atoms with van der Waals surface area (Å²) < 4.78 is 10.2. The number of carbonyl (C=O) groups is 2. The third-order valence-electron chi connectivity index (χ3n) is 1.84. The lowest BCUT2D eigenvalue weighted by Gasteiger charge is -2.11. The number of carboxylic acids is 1. The van der Waals surface area contributed by atoms with Crippen molar-refractivity contribution in [1.82, 2.24) is 0 Å². The molecule has 0 aliphatic heterocycles. The lowest BCUT2D eigenvalue weighted by molar-refractivity contribution is -0.139. The van der Waals surface area contributed by atoms with Crippen molar-refractivity contribution in [1.29, 1.82) is 0 Å². The van der Waals surface area contributed by atoms with Crippen molar-refractivity contribution >= 4 is 23.9 Å². The molecule has 0 spiro atoms. The molecule has 1 aromatic rings. The molecule has 0 aliphatic rings. The number of benzene rings is 1. The molecule has 0 radical (unpaired) electrons. The molecule has 1 aromatic carbocycles. The molecule has 1 N–H and O–H groups in total. The van der Waals surface area contributed by atoms with Crippen LogP contribution in [0.15, 0.2) is 12.1 Å². The van der Waals surface area contributed by atoms with Crippen molar-refractivity contribution in [2.45, 2.75) is 6.92 Å². The molecule has 0 saturated heterocycles. The Labute approximate surface area is 103 Å². The van der Waals surface area contributed by atoms with Crippen LogP contribution in [0.3, 0.4) is 0 Å². The van der Waals surface area contributed by atoms with Gasteiger partial charge in [0.05, 0.1) is 11.6 Å². The maximum atomic E-state index is 10.7. The standard InChI is InChI=1S/C11H11ClO5/c1-2-16-9-3-7(5-13)8(12)4-10(9)17-6-11(14)15/h3-5H,2,6H2,1H3,(H,14,15). The van der Waals surface area contributed by atoms with E-state index in [0.29, 0.717) is 18.6 Å². The molecule has 0 aromatic heterocycles. The second-order valence-corrected chi connectivity index (χ2v) is 3.46. The number of carboxylic acid groups (broad SMARTS) is 1. The predicted molar refractivity (Wildman–Crippen MR) is 61.1 cm³/mol. The van der Waals surface area contributed by atoms with Crippen molar-refractivity contribution < 1.29 is 24.2 Å². The van der Waals surface area contributed by atoms with E-state index in [1.54, 1.807) is 6.92 Å². The minimum absolute atomic E-state index is 0.184. The van der Waals surface area contributed by atoms with Gasteiger partial charge in [-0.3, -0.25) is 4.79 Å². The van der Waals surface area contributed by atoms with E-state index in [0.717, 1.165) is 0 Å². The smallest absolute Gasteiger partial charge is 0.341 e. The quantitative estimate of drug-likeness (QED) is 0.790. The van der Waals surface area contributed by atoms with E-state index in [2.05, 4.69) is 0 Å². The molecule has 0 heterocycles. The van der Waals surface area contributed by atoms with Gasteiger partial charge in [0.1, 0.15) is 0 Å². The average Bonchev–Trinajstić information content (AvgIpc) is 2.29. The van der Waals surface area contributed by atoms with Crippen LogP contribution in [0.4, 0.5) is 0 Å². The fourth-order valence-corrected chi connectivity index (χ4v) is 1.36. The van der Waals surface area contributed by atoms with Crippen molar-refractivity contribution in [3.8, 4) is 11.5 Å². The summed E-state index contributed by atoms with van der Waals surface area (Å²) >= 11 is 5.80. The molecule has 17 heavy (non-hydrogen) atoms. The third-order valence-corrected chi connectivity index (χ3v) is 2.17. The molecule has 1 rings (SSSR count). The lowest BCUT2D eigenvalue weighted by Crippen LogP contribution is -2.10. The van der Waals surface area contributed by atoms with Crippen molar-refractivity contribution in [3.63, 3.8) is 0 Å². The van der Waals surface area contributed by atoms with Crippen LogP contribution in [-0.2, 0) is 4.79 Å². The molecule has 92 valence electrons. The molecule has 0 saturated carbocycles. The van der Waals surface area contributed by atoms with Gasteiger partial charge in [-0.2, -0.15) is 0 Å². The zero-order valence-electron chi connectivity index (χ0n) is 9.10. The Morgan fingerprint density at radius 3 is 2.59 bits per heavy atom. The van der Waals surface area contributed by atoms with Gasteiger partial charge >= 0.3 is 5.97 Å². The minimum Gasteiger partial charge on any atom is -0.490 e. The van der Waals surface area contributed by atoms with Crippen LogP contribution in [-0.4, -0.2) is 30.6 Å². The summed E-state index contributed by atoms with van der Waals surface area (Å²) in [4.78, 5) is 21.1. The average molecular weight is 259 g/mol. The van der Waals surface area contributed by atoms with Crippen LogP contribution in [0, 0.1) is 0 Å². The molecular weight excluding hydrogens is 248 g/mol. The zero-order valence-corrected chi connectivity index (χ0v) is 9.86. The van der Waals surface area contributed by atoms with Crippen LogP contribution >= 0.6 is 11.6 Å². The van der Waals surface area contributed by atoms with Crippen LogP contribution in [0.25, 0.3) is 0 Å². The Bertz CT molecular complexity index is 430. The van der Waals surface area contributed by atoms with Gasteiger partial charge in [-0.25, -0.2) is 4.79 Å². The highest BCUT2D eigenvalue weighted by Crippen LogP contribution is 2.32. The fraction of sp³-hybridized carbons (Fsp3) is 0.273. The normalized spacial score (nSPS) is 9.76. The Morgan fingerprint density at radius 1 is 1.41 bits per heavy atom. The molecule has 0 amide bonds. The van der Waals surface area contributed by atoms with Crippen LogP contribution in [0.2, 0.25) is 5.02 Å². The lowest BCUT2D eigenvalue weighted by atomic mass is 10.2. The first-order chi connectivity index (χ1) is 8.08. The molecule has 0 atom stereocenters. The highest BCUT2D eigenvalue weighted by molar-refractivity contribution is 6.33. The first-order valence-electron chi connectivity index (χ1n) is 4.84. The van der Waals surface area contributed by atoms with Crippen molar-refractivity contribution in [2.24, 2.45) is 0 Å². The summed E-state index contributed by atoms with van der Waals surface area (Å²) in [7, 11) is 0. The number of aldehydes is 1. The first-order valence-corrected chi connectivity index (χ1v) is 5.22. The first kappa shape index (κ1) is 13.3. The number of halogens is 1. The SMILES string of the molecule is CCOc1cc(C=O)c(Cl)cc1OCC(=O)O. The highest BCUT2D eigenvalue weighted by Gasteiger charge is 2.11. The van der Waals surface area contributed by atoms with E-state index in [1.165, 1.54) is 12.1 Å². The molecule has 6 heteroatoms. The highest BCUT2D eigenvalue weighted by atomic mass is 35.5. The van der Waals surface area contributed by atoms with Crippen molar-refractivity contribution in [3.05, 3.63) is 22.7 Å². The third kappa shape index (κ3) is 3.64. The van der Waals surface area contributed by atoms with Gasteiger partial charge in [0, 0.05) is 11.6 Å². The van der Waals surface area contributed by atoms with E-state index >= 15 is 0 Å². The number of aliphatic carboxylic acids is 1. The molecule has 0 fully saturated rings. The number of rotatable bonds is 6. The van der Waals surface area contributed by atoms with Gasteiger partial charge in [-0.15, -0.1) is 0 Å². The Balaban J connectivity index is 3.03. The second kappa shape index (κ2) is 6.10. The zero-order chi connectivity index (χ0) is 12.8. The Morgan fingerprint density at radius 2 is 2.06 bits per heavy atom. The van der Waals surface area contributed by atoms with E-state index < -0.39 is 12.6 Å². The van der Waals surface area contributed by atoms with E-state index in [-0.39, 0.29) is 16.3 Å². The summed E-state index contributed by atoms with van der Waals surface area (Å²) in [6.07, 6.45) is 0.589. The largest absolute Gasteiger partial charge is 0.490 e. The maximum Gasteiger partial charge on any atom is 0.341 e. The van der Waals surface area contributed by atoms with Crippen LogP contribution in [0.1, 0.15) is 17.3 Å². The summed E-state index contributed by atoms with van der Waals surface area (Å²) in [5.74, 6) is -0.617. The molecular formula is C11H11ClO5. The van der Waals surface area contributed by atoms with Crippen molar-refractivity contribution in [2.75, 3.05) is 13.2 Å². The van der Waals surface area contributed by atoms with Crippen LogP contribution < -0.4 is 9.47 Å². The summed E-state index contributed by atoms with van der Waals surface area (Å²) in [6, 6.07) is 2.77. The van der Waals surface area contributed by atoms with E-state index in [4.69, 9.17) is 26.2 Å². The number of hydrogen-bond donors (Lipinski definition) is 1.